The minimum absolute atomic E-state index is 0.00813. The second-order valence-corrected chi connectivity index (χ2v) is 7.68. The molecule has 0 aliphatic heterocycles. The number of aromatic carboxylic acids is 1. The van der Waals surface area contributed by atoms with Gasteiger partial charge in [-0.3, -0.25) is 0 Å². The highest BCUT2D eigenvalue weighted by molar-refractivity contribution is 7.89. The molecule has 0 amide bonds. The van der Waals surface area contributed by atoms with Crippen LogP contribution in [0.4, 0.5) is 0 Å². The fourth-order valence-corrected chi connectivity index (χ4v) is 3.79. The van der Waals surface area contributed by atoms with Crippen molar-refractivity contribution in [3.05, 3.63) is 28.8 Å². The summed E-state index contributed by atoms with van der Waals surface area (Å²) in [7, 11) is -2.33. The zero-order valence-corrected chi connectivity index (χ0v) is 12.9. The number of carbonyl (C=O) groups is 1. The molecule has 0 saturated heterocycles. The van der Waals surface area contributed by atoms with Crippen molar-refractivity contribution < 1.29 is 23.4 Å². The first-order valence-electron chi connectivity index (χ1n) is 6.39. The van der Waals surface area contributed by atoms with Crippen LogP contribution in [0.1, 0.15) is 23.2 Å². The third kappa shape index (κ3) is 3.37. The van der Waals surface area contributed by atoms with Crippen molar-refractivity contribution >= 4 is 27.6 Å². The Morgan fingerprint density at radius 1 is 1.43 bits per heavy atom. The molecule has 1 aromatic carbocycles. The van der Waals surface area contributed by atoms with Crippen molar-refractivity contribution in [2.45, 2.75) is 23.8 Å². The third-order valence-electron chi connectivity index (χ3n) is 3.60. The van der Waals surface area contributed by atoms with Crippen LogP contribution in [0.2, 0.25) is 5.02 Å². The SMILES string of the molecule is CN(CC1CC(O)C1)S(=O)(=O)c1ccc(Cl)c(C(=O)O)c1. The van der Waals surface area contributed by atoms with Crippen LogP contribution in [0.15, 0.2) is 23.1 Å². The summed E-state index contributed by atoms with van der Waals surface area (Å²) in [5, 5.41) is 18.2. The van der Waals surface area contributed by atoms with Gasteiger partial charge in [0, 0.05) is 13.6 Å². The van der Waals surface area contributed by atoms with E-state index in [1.165, 1.54) is 23.5 Å². The van der Waals surface area contributed by atoms with Gasteiger partial charge in [-0.25, -0.2) is 17.5 Å². The normalized spacial score (nSPS) is 22.1. The number of aliphatic hydroxyl groups is 1. The van der Waals surface area contributed by atoms with Crippen LogP contribution < -0.4 is 0 Å². The van der Waals surface area contributed by atoms with E-state index in [-0.39, 0.29) is 27.5 Å². The lowest BCUT2D eigenvalue weighted by atomic mass is 9.82. The van der Waals surface area contributed by atoms with E-state index in [9.17, 15) is 18.3 Å². The van der Waals surface area contributed by atoms with Crippen molar-refractivity contribution in [3.63, 3.8) is 0 Å². The summed E-state index contributed by atoms with van der Waals surface area (Å²) in [6, 6.07) is 3.61. The Morgan fingerprint density at radius 3 is 2.57 bits per heavy atom. The number of hydrogen-bond donors (Lipinski definition) is 2. The third-order valence-corrected chi connectivity index (χ3v) is 5.75. The minimum atomic E-state index is -3.77. The molecule has 1 aliphatic rings. The lowest BCUT2D eigenvalue weighted by molar-refractivity contribution is 0.0367. The number of nitrogens with zero attached hydrogens (tertiary/aromatic N) is 1. The van der Waals surface area contributed by atoms with Gasteiger partial charge >= 0.3 is 5.97 Å². The Hall–Kier alpha value is -1.15. The second-order valence-electron chi connectivity index (χ2n) is 5.22. The summed E-state index contributed by atoms with van der Waals surface area (Å²) in [5.41, 5.74) is -0.245. The number of aliphatic hydroxyl groups excluding tert-OH is 1. The predicted octanol–water partition coefficient (Wildman–Crippen LogP) is 1.43. The highest BCUT2D eigenvalue weighted by Crippen LogP contribution is 2.29. The van der Waals surface area contributed by atoms with Crippen LogP contribution in [0, 0.1) is 5.92 Å². The number of carboxylic acid groups (broad SMARTS) is 1. The fraction of sp³-hybridized carbons (Fsp3) is 0.462. The molecule has 0 bridgehead atoms. The van der Waals surface area contributed by atoms with Crippen LogP contribution in [0.5, 0.6) is 0 Å². The van der Waals surface area contributed by atoms with Crippen molar-refractivity contribution in [3.8, 4) is 0 Å². The molecule has 0 spiro atoms. The van der Waals surface area contributed by atoms with Gasteiger partial charge in [-0.15, -0.1) is 0 Å². The summed E-state index contributed by atoms with van der Waals surface area (Å²) < 4.78 is 26.0. The molecule has 0 radical (unpaired) electrons. The van der Waals surface area contributed by atoms with E-state index in [2.05, 4.69) is 0 Å². The molecule has 6 nitrogen and oxygen atoms in total. The summed E-state index contributed by atoms with van der Waals surface area (Å²) in [5.74, 6) is -1.15. The van der Waals surface area contributed by atoms with Crippen LogP contribution in [-0.4, -0.2) is 48.6 Å². The molecule has 1 fully saturated rings. The maximum Gasteiger partial charge on any atom is 0.337 e. The van der Waals surface area contributed by atoms with Gasteiger partial charge in [0.25, 0.3) is 0 Å². The van der Waals surface area contributed by atoms with Gasteiger partial charge in [-0.2, -0.15) is 0 Å². The molecule has 1 aliphatic carbocycles. The van der Waals surface area contributed by atoms with Crippen LogP contribution in [-0.2, 0) is 10.0 Å². The van der Waals surface area contributed by atoms with Crippen LogP contribution >= 0.6 is 11.6 Å². The molecule has 116 valence electrons. The first-order valence-corrected chi connectivity index (χ1v) is 8.21. The van der Waals surface area contributed by atoms with Gasteiger partial charge in [0.15, 0.2) is 0 Å². The highest BCUT2D eigenvalue weighted by Gasteiger charge is 2.32. The largest absolute Gasteiger partial charge is 0.478 e. The molecule has 2 rings (SSSR count). The first-order chi connectivity index (χ1) is 9.71. The number of rotatable bonds is 5. The zero-order chi connectivity index (χ0) is 15.8. The molecule has 1 aromatic rings. The monoisotopic (exact) mass is 333 g/mol. The Balaban J connectivity index is 2.22. The smallest absolute Gasteiger partial charge is 0.337 e. The Kier molecular flexibility index (Phi) is 4.57. The van der Waals surface area contributed by atoms with E-state index in [4.69, 9.17) is 16.7 Å². The second kappa shape index (κ2) is 5.92. The van der Waals surface area contributed by atoms with E-state index >= 15 is 0 Å². The van der Waals surface area contributed by atoms with Gasteiger partial charge in [-0.05, 0) is 37.0 Å². The summed E-state index contributed by atoms with van der Waals surface area (Å²) in [6.45, 7) is 0.296. The lowest BCUT2D eigenvalue weighted by Gasteiger charge is -2.34. The predicted molar refractivity (Wildman–Crippen MR) is 77.0 cm³/mol. The number of carboxylic acids is 1. The van der Waals surface area contributed by atoms with Gasteiger partial charge in [0.2, 0.25) is 10.0 Å². The molecular weight excluding hydrogens is 318 g/mol. The molecular formula is C13H16ClNO5S. The summed E-state index contributed by atoms with van der Waals surface area (Å²) in [4.78, 5) is 10.9. The zero-order valence-electron chi connectivity index (χ0n) is 11.4. The van der Waals surface area contributed by atoms with Crippen LogP contribution in [0.3, 0.4) is 0 Å². The van der Waals surface area contributed by atoms with E-state index in [0.29, 0.717) is 19.4 Å². The van der Waals surface area contributed by atoms with Crippen molar-refractivity contribution in [1.29, 1.82) is 0 Å². The molecule has 21 heavy (non-hydrogen) atoms. The van der Waals surface area contributed by atoms with Gasteiger partial charge in [0.05, 0.1) is 21.6 Å². The molecule has 8 heteroatoms. The molecule has 0 heterocycles. The maximum atomic E-state index is 12.4. The quantitative estimate of drug-likeness (QED) is 0.850. The Labute approximate surface area is 128 Å². The van der Waals surface area contributed by atoms with Gasteiger partial charge in [0.1, 0.15) is 0 Å². The minimum Gasteiger partial charge on any atom is -0.478 e. The Morgan fingerprint density at radius 2 is 2.05 bits per heavy atom. The number of hydrogen-bond acceptors (Lipinski definition) is 4. The van der Waals surface area contributed by atoms with E-state index in [0.717, 1.165) is 6.07 Å². The number of halogens is 1. The maximum absolute atomic E-state index is 12.4. The van der Waals surface area contributed by atoms with Gasteiger partial charge < -0.3 is 10.2 Å². The number of sulfonamides is 1. The van der Waals surface area contributed by atoms with E-state index in [1.54, 1.807) is 0 Å². The average Bonchev–Trinajstić information content (AvgIpc) is 2.36. The first kappa shape index (κ1) is 16.2. The standard InChI is InChI=1S/C13H16ClNO5S/c1-15(7-8-4-9(16)5-8)21(19,20)10-2-3-12(14)11(6-10)13(17)18/h2-3,6,8-9,16H,4-5,7H2,1H3,(H,17,18). The lowest BCUT2D eigenvalue weighted by Crippen LogP contribution is -2.39. The highest BCUT2D eigenvalue weighted by atomic mass is 35.5. The molecule has 1 saturated carbocycles. The molecule has 0 atom stereocenters. The van der Waals surface area contributed by atoms with E-state index < -0.39 is 16.0 Å². The van der Waals surface area contributed by atoms with Crippen molar-refractivity contribution in [2.75, 3.05) is 13.6 Å². The summed E-state index contributed by atoms with van der Waals surface area (Å²) >= 11 is 5.74. The van der Waals surface area contributed by atoms with Crippen molar-refractivity contribution in [1.82, 2.24) is 4.31 Å². The average molecular weight is 334 g/mol. The molecule has 0 aromatic heterocycles. The van der Waals surface area contributed by atoms with E-state index in [1.807, 2.05) is 0 Å². The Bertz CT molecular complexity index is 655. The molecule has 0 unspecified atom stereocenters. The summed E-state index contributed by atoms with van der Waals surface area (Å²) in [6.07, 6.45) is 0.821. The van der Waals surface area contributed by atoms with Crippen LogP contribution in [0.25, 0.3) is 0 Å². The topological polar surface area (TPSA) is 94.9 Å². The van der Waals surface area contributed by atoms with Crippen molar-refractivity contribution in [2.24, 2.45) is 5.92 Å². The fourth-order valence-electron chi connectivity index (χ4n) is 2.32. The molecule has 2 N–H and O–H groups in total. The number of benzene rings is 1. The van der Waals surface area contributed by atoms with Gasteiger partial charge in [-0.1, -0.05) is 11.6 Å².